The van der Waals surface area contributed by atoms with E-state index in [1.165, 1.54) is 7.16 Å². The normalized spacial score (nSPS) is 21.6. The molecule has 2 aromatic carbocycles. The second-order valence-electron chi connectivity index (χ2n) is 5.99. The summed E-state index contributed by atoms with van der Waals surface area (Å²) in [5, 5.41) is 1.11. The minimum Gasteiger partial charge on any atom is -0.289 e. The third-order valence-electron chi connectivity index (χ3n) is 4.55. The first kappa shape index (κ1) is 18.0. The molecule has 2 aromatic rings. The predicted octanol–water partition coefficient (Wildman–Crippen LogP) is 2.61. The third kappa shape index (κ3) is 3.07. The molecular weight excluding hydrogens is 467 g/mol. The molecule has 130 valence electrons. The first-order valence-electron chi connectivity index (χ1n) is 8.27. The number of hydrogen-bond donors (Lipinski definition) is 1. The monoisotopic (exact) mass is 486 g/mol. The van der Waals surface area contributed by atoms with Gasteiger partial charge in [0.2, 0.25) is 0 Å². The van der Waals surface area contributed by atoms with Crippen molar-refractivity contribution in [1.82, 2.24) is 0 Å². The van der Waals surface area contributed by atoms with E-state index in [0.29, 0.717) is 0 Å². The third-order valence-corrected chi connectivity index (χ3v) is 42.2. The summed E-state index contributed by atoms with van der Waals surface area (Å²) in [7, 11) is 2.21. The van der Waals surface area contributed by atoms with Crippen molar-refractivity contribution < 1.29 is 4.79 Å². The fraction of sp³-hybridized carbons (Fsp3) is 0.0500. The predicted molar refractivity (Wildman–Crippen MR) is 115 cm³/mol. The van der Waals surface area contributed by atoms with Gasteiger partial charge in [-0.3, -0.25) is 4.79 Å². The largest absolute Gasteiger partial charge is 0.289 e. The first-order chi connectivity index (χ1) is 12.8. The van der Waals surface area contributed by atoms with Crippen LogP contribution in [0.15, 0.2) is 101 Å². The molecule has 0 spiro atoms. The van der Waals surface area contributed by atoms with Crippen LogP contribution in [0, 0.1) is 0 Å². The number of ketones is 1. The average molecular weight is 485 g/mol. The van der Waals surface area contributed by atoms with Gasteiger partial charge in [-0.05, 0) is 0 Å². The fourth-order valence-electron chi connectivity index (χ4n) is 3.19. The smallest absolute Gasteiger partial charge is 0.193 e. The van der Waals surface area contributed by atoms with E-state index >= 15 is 0 Å². The molecule has 6 heteroatoms. The molecule has 0 radical (unpaired) electrons. The molecule has 1 aliphatic heterocycles. The number of benzene rings is 2. The Kier molecular flexibility index (Phi) is 5.31. The van der Waals surface area contributed by atoms with Gasteiger partial charge in [-0.25, -0.2) is 0 Å². The van der Waals surface area contributed by atoms with E-state index < -0.39 is 15.6 Å². The molecule has 3 aliphatic rings. The van der Waals surface area contributed by atoms with Gasteiger partial charge in [-0.2, -0.15) is 0 Å². The van der Waals surface area contributed by atoms with Crippen LogP contribution in [0.5, 0.6) is 0 Å². The van der Waals surface area contributed by atoms with Gasteiger partial charge in [0.15, 0.2) is 5.78 Å². The number of allylic oxidation sites excluding steroid dienone is 6. The second-order valence-corrected chi connectivity index (χ2v) is 31.4. The number of Topliss-reactive ketones (excluding diaryl/α,β-unsaturated/α-hetero) is 1. The first-order valence-corrected chi connectivity index (χ1v) is 20.5. The maximum Gasteiger partial charge on any atom is 0.193 e. The Hall–Kier alpha value is -1.41. The van der Waals surface area contributed by atoms with E-state index in [1.807, 2.05) is 24.3 Å². The molecule has 3 nitrogen and oxygen atoms in total. The number of carbonyl (C=O) groups excluding carboxylic acids is 1. The maximum atomic E-state index is 10.8. The zero-order valence-electron chi connectivity index (χ0n) is 14.0. The van der Waals surface area contributed by atoms with Crippen LogP contribution >= 0.6 is 8.95 Å². The molecule has 2 aliphatic carbocycles. The quantitative estimate of drug-likeness (QED) is 0.405. The maximum absolute atomic E-state index is 10.8. The molecule has 1 atom stereocenters. The van der Waals surface area contributed by atoms with Crippen molar-refractivity contribution in [2.45, 2.75) is 0 Å². The number of fused-ring (bicyclic) bond motifs is 2. The summed E-state index contributed by atoms with van der Waals surface area (Å²) in [4.78, 5) is 10.8. The fourth-order valence-corrected chi connectivity index (χ4v) is 35.9. The van der Waals surface area contributed by atoms with E-state index in [1.54, 1.807) is 0 Å². The van der Waals surface area contributed by atoms with Gasteiger partial charge < -0.3 is 0 Å². The van der Waals surface area contributed by atoms with Crippen LogP contribution in [0.2, 0.25) is 0 Å². The van der Waals surface area contributed by atoms with Crippen molar-refractivity contribution in [1.29, 1.82) is 0 Å². The molecule has 1 heterocycles. The summed E-state index contributed by atoms with van der Waals surface area (Å²) in [5.41, 5.74) is 1.67. The van der Waals surface area contributed by atoms with E-state index in [-0.39, 0.29) is 13.7 Å². The summed E-state index contributed by atoms with van der Waals surface area (Å²) in [6, 6.07) is 21.7. The van der Waals surface area contributed by atoms with Crippen LogP contribution in [0.3, 0.4) is 0 Å². The number of hydrogen-bond acceptors (Lipinski definition) is 3. The van der Waals surface area contributed by atoms with Crippen LogP contribution in [0.1, 0.15) is 0 Å². The van der Waals surface area contributed by atoms with Gasteiger partial charge in [0.05, 0.1) is 0 Å². The van der Waals surface area contributed by atoms with Gasteiger partial charge in [0.1, 0.15) is 0 Å². The van der Waals surface area contributed by atoms with Gasteiger partial charge in [0, 0.05) is 11.1 Å². The molecule has 1 saturated heterocycles. The standard InChI is InChI=1S/C7H4O.2C6H5.CH4N2S2.Sn/c8-7-5-1-2-6(7)4-3-5;2*1-2-4-6-5-3-1;2-3-5-1-4;/h1-4H;2*1-5H;1-2H2;. The van der Waals surface area contributed by atoms with Gasteiger partial charge >= 0.3 is 116 Å². The summed E-state index contributed by atoms with van der Waals surface area (Å²) in [6.07, 6.45) is 7.38. The van der Waals surface area contributed by atoms with Crippen LogP contribution in [-0.2, 0) is 12.7 Å². The number of rotatable bonds is 2. The number of nitrogens with two attached hydrogens (primary N) is 1. The molecule has 2 bridgehead atoms. The Morgan fingerprint density at radius 3 is 1.65 bits per heavy atom. The molecule has 0 amide bonds. The molecule has 26 heavy (non-hydrogen) atoms. The van der Waals surface area contributed by atoms with E-state index in [9.17, 15) is 4.79 Å². The van der Waals surface area contributed by atoms with Crippen molar-refractivity contribution >= 4 is 45.4 Å². The summed E-state index contributed by atoms with van der Waals surface area (Å²) >= 11 is -2.64. The molecule has 5 rings (SSSR count). The van der Waals surface area contributed by atoms with E-state index in [2.05, 4.69) is 74.1 Å². The summed E-state index contributed by atoms with van der Waals surface area (Å²) in [6.45, 7) is 0. The van der Waals surface area contributed by atoms with Crippen molar-refractivity contribution in [2.75, 3.05) is 5.08 Å². The Balaban J connectivity index is 0.000000174. The van der Waals surface area contributed by atoms with Crippen LogP contribution in [-0.4, -0.2) is 26.5 Å². The Morgan fingerprint density at radius 2 is 1.38 bits per heavy atom. The summed E-state index contributed by atoms with van der Waals surface area (Å²) < 4.78 is 7.21. The molecule has 1 fully saturated rings. The van der Waals surface area contributed by atoms with Gasteiger partial charge in [-0.15, -0.1) is 0 Å². The zero-order chi connectivity index (χ0) is 18.0. The van der Waals surface area contributed by atoms with Crippen LogP contribution < -0.4 is 13.0 Å². The molecule has 2 N–H and O–H groups in total. The van der Waals surface area contributed by atoms with Crippen LogP contribution in [0.4, 0.5) is 0 Å². The number of carbonyl (C=O) groups is 1. The molecule has 0 aromatic heterocycles. The molecular formula is C20H18N2OS2Sn. The summed E-state index contributed by atoms with van der Waals surface area (Å²) in [5.74, 6) is 5.85. The van der Waals surface area contributed by atoms with Crippen molar-refractivity contribution in [3.63, 3.8) is 0 Å². The molecule has 0 saturated carbocycles. The van der Waals surface area contributed by atoms with E-state index in [0.717, 1.165) is 16.2 Å². The average Bonchev–Trinajstić information content (AvgIpc) is 3.21. The van der Waals surface area contributed by atoms with Crippen molar-refractivity contribution in [2.24, 2.45) is 10.3 Å². The van der Waals surface area contributed by atoms with Crippen LogP contribution in [0.25, 0.3) is 0 Å². The Morgan fingerprint density at radius 1 is 0.885 bits per heavy atom. The Labute approximate surface area is 160 Å². The van der Waals surface area contributed by atoms with Gasteiger partial charge in [0.25, 0.3) is 0 Å². The number of nitrogens with zero attached hydrogens (tertiary/aromatic N) is 1. The Bertz CT molecular complexity index is 902. The zero-order valence-corrected chi connectivity index (χ0v) is 18.5. The SMILES string of the molecule is NN=[S]1C[S][Sn]1([c]1ccccc1)[c]1ccccc1.O=C1C2=CC=C1C=C2. The molecule has 1 unspecified atom stereocenters. The second kappa shape index (κ2) is 7.68. The minimum absolute atomic E-state index is 0.0740. The minimum atomic E-state index is -2.64. The van der Waals surface area contributed by atoms with E-state index in [4.69, 9.17) is 5.84 Å². The van der Waals surface area contributed by atoms with Gasteiger partial charge in [-0.1, -0.05) is 24.3 Å². The van der Waals surface area contributed by atoms with Crippen molar-refractivity contribution in [3.8, 4) is 0 Å². The topological polar surface area (TPSA) is 55.4 Å². The van der Waals surface area contributed by atoms with Crippen molar-refractivity contribution in [3.05, 3.63) is 96.1 Å².